The van der Waals surface area contributed by atoms with Crippen LogP contribution in [0.15, 0.2) is 71.6 Å². The van der Waals surface area contributed by atoms with Gasteiger partial charge in [-0.25, -0.2) is 8.42 Å². The van der Waals surface area contributed by atoms with Gasteiger partial charge in [0.1, 0.15) is 18.0 Å². The van der Waals surface area contributed by atoms with Crippen LogP contribution in [0.3, 0.4) is 0 Å². The zero-order chi connectivity index (χ0) is 25.8. The van der Waals surface area contributed by atoms with Crippen LogP contribution < -0.4 is 19.1 Å². The summed E-state index contributed by atoms with van der Waals surface area (Å²) in [4.78, 5) is 12.7. The Morgan fingerprint density at radius 1 is 1.00 bits per heavy atom. The van der Waals surface area contributed by atoms with Crippen LogP contribution in [0, 0.1) is 0 Å². The van der Waals surface area contributed by atoms with Crippen molar-refractivity contribution in [3.8, 4) is 11.5 Å². The van der Waals surface area contributed by atoms with Crippen LogP contribution in [-0.4, -0.2) is 35.1 Å². The number of hydrogen-bond donors (Lipinski definition) is 1. The van der Waals surface area contributed by atoms with E-state index in [0.717, 1.165) is 16.4 Å². The minimum atomic E-state index is -4.66. The van der Waals surface area contributed by atoms with E-state index in [1.165, 1.54) is 50.6 Å². The van der Waals surface area contributed by atoms with Gasteiger partial charge >= 0.3 is 6.18 Å². The van der Waals surface area contributed by atoms with Crippen molar-refractivity contribution in [2.45, 2.75) is 11.1 Å². The molecule has 12 heteroatoms. The fourth-order valence-corrected chi connectivity index (χ4v) is 4.72. The molecular formula is C23H20ClF3N2O5S. The summed E-state index contributed by atoms with van der Waals surface area (Å²) >= 11 is 5.96. The van der Waals surface area contributed by atoms with Gasteiger partial charge in [0.15, 0.2) is 0 Å². The average Bonchev–Trinajstić information content (AvgIpc) is 2.83. The summed E-state index contributed by atoms with van der Waals surface area (Å²) in [5, 5.41) is 2.12. The van der Waals surface area contributed by atoms with E-state index in [-0.39, 0.29) is 27.0 Å². The van der Waals surface area contributed by atoms with Gasteiger partial charge in [-0.15, -0.1) is 0 Å². The molecule has 0 bridgehead atoms. The Morgan fingerprint density at radius 2 is 1.66 bits per heavy atom. The number of rotatable bonds is 8. The predicted molar refractivity (Wildman–Crippen MR) is 126 cm³/mol. The summed E-state index contributed by atoms with van der Waals surface area (Å²) in [6.45, 7) is -0.776. The molecule has 0 fully saturated rings. The van der Waals surface area contributed by atoms with Crippen molar-refractivity contribution in [1.29, 1.82) is 0 Å². The summed E-state index contributed by atoms with van der Waals surface area (Å²) in [5.74, 6) is -0.339. The number of nitrogens with one attached hydrogen (secondary N) is 1. The van der Waals surface area contributed by atoms with Gasteiger partial charge in [0, 0.05) is 0 Å². The lowest BCUT2D eigenvalue weighted by Crippen LogP contribution is -2.38. The molecule has 0 aliphatic rings. The fraction of sp³-hybridized carbons (Fsp3) is 0.174. The first-order chi connectivity index (χ1) is 16.5. The molecule has 0 saturated carbocycles. The molecule has 3 aromatic rings. The van der Waals surface area contributed by atoms with Crippen LogP contribution in [0.4, 0.5) is 24.5 Å². The van der Waals surface area contributed by atoms with E-state index in [2.05, 4.69) is 5.32 Å². The molecule has 0 aliphatic carbocycles. The first-order valence-electron chi connectivity index (χ1n) is 9.93. The fourth-order valence-electron chi connectivity index (χ4n) is 3.13. The third-order valence-corrected chi connectivity index (χ3v) is 6.96. The molecule has 186 valence electrons. The molecule has 3 rings (SSSR count). The molecule has 1 amide bonds. The first kappa shape index (κ1) is 26.2. The SMILES string of the molecule is COc1ccc(S(=O)(=O)N(CC(=O)Nc2cc(C(F)(F)F)ccc2Cl)c2ccccc2OC)cc1. The molecule has 35 heavy (non-hydrogen) atoms. The standard InChI is InChI=1S/C23H20ClF3N2O5S/c1-33-16-8-10-17(11-9-16)35(31,32)29(20-5-3-4-6-21(20)34-2)14-22(30)28-19-13-15(23(25,26)27)7-12-18(19)24/h3-13H,14H2,1-2H3,(H,28,30). The van der Waals surface area contributed by atoms with Gasteiger partial charge in [-0.05, 0) is 54.6 Å². The molecule has 0 atom stereocenters. The number of amides is 1. The summed E-state index contributed by atoms with van der Waals surface area (Å²) < 4.78 is 77.4. The van der Waals surface area contributed by atoms with Gasteiger partial charge in [-0.2, -0.15) is 13.2 Å². The van der Waals surface area contributed by atoms with E-state index < -0.39 is 34.2 Å². The number of carbonyl (C=O) groups is 1. The van der Waals surface area contributed by atoms with Crippen LogP contribution in [0.1, 0.15) is 5.56 Å². The molecule has 0 unspecified atom stereocenters. The second kappa shape index (κ2) is 10.4. The van der Waals surface area contributed by atoms with Crippen molar-refractivity contribution in [2.24, 2.45) is 0 Å². The number of benzene rings is 3. The smallest absolute Gasteiger partial charge is 0.416 e. The molecule has 0 spiro atoms. The van der Waals surface area contributed by atoms with Gasteiger partial charge in [0.25, 0.3) is 10.0 Å². The number of para-hydroxylation sites is 2. The highest BCUT2D eigenvalue weighted by molar-refractivity contribution is 7.92. The van der Waals surface area contributed by atoms with Gasteiger partial charge in [0.2, 0.25) is 5.91 Å². The van der Waals surface area contributed by atoms with Crippen LogP contribution in [0.2, 0.25) is 5.02 Å². The summed E-state index contributed by atoms with van der Waals surface area (Å²) in [6, 6.07) is 14.0. The van der Waals surface area contributed by atoms with E-state index in [1.54, 1.807) is 12.1 Å². The van der Waals surface area contributed by atoms with E-state index in [4.69, 9.17) is 21.1 Å². The summed E-state index contributed by atoms with van der Waals surface area (Å²) in [5.41, 5.74) is -1.28. The zero-order valence-electron chi connectivity index (χ0n) is 18.5. The average molecular weight is 529 g/mol. The lowest BCUT2D eigenvalue weighted by atomic mass is 10.2. The van der Waals surface area contributed by atoms with Gasteiger partial charge in [-0.1, -0.05) is 23.7 Å². The highest BCUT2D eigenvalue weighted by atomic mass is 35.5. The largest absolute Gasteiger partial charge is 0.497 e. The van der Waals surface area contributed by atoms with Crippen LogP contribution >= 0.6 is 11.6 Å². The van der Waals surface area contributed by atoms with Crippen molar-refractivity contribution >= 4 is 38.9 Å². The normalized spacial score (nSPS) is 11.6. The number of nitrogens with zero attached hydrogens (tertiary/aromatic N) is 1. The van der Waals surface area contributed by atoms with Crippen molar-refractivity contribution < 1.29 is 35.9 Å². The highest BCUT2D eigenvalue weighted by Crippen LogP contribution is 2.35. The van der Waals surface area contributed by atoms with Crippen LogP contribution in [0.5, 0.6) is 11.5 Å². The Morgan fingerprint density at radius 3 is 2.26 bits per heavy atom. The number of halogens is 4. The third-order valence-electron chi connectivity index (χ3n) is 4.86. The maximum absolute atomic E-state index is 13.5. The number of hydrogen-bond acceptors (Lipinski definition) is 5. The summed E-state index contributed by atoms with van der Waals surface area (Å²) in [6.07, 6.45) is -4.66. The van der Waals surface area contributed by atoms with E-state index in [0.29, 0.717) is 11.8 Å². The molecule has 3 aromatic carbocycles. The lowest BCUT2D eigenvalue weighted by Gasteiger charge is -2.25. The Bertz CT molecular complexity index is 1320. The number of carbonyl (C=O) groups excluding carboxylic acids is 1. The van der Waals surface area contributed by atoms with Gasteiger partial charge in [-0.3, -0.25) is 9.10 Å². The number of anilines is 2. The molecule has 0 aromatic heterocycles. The van der Waals surface area contributed by atoms with Crippen molar-refractivity contribution in [3.05, 3.63) is 77.3 Å². The number of alkyl halides is 3. The number of methoxy groups -OCH3 is 2. The van der Waals surface area contributed by atoms with Crippen LogP contribution in [-0.2, 0) is 21.0 Å². The Hall–Kier alpha value is -3.44. The Balaban J connectivity index is 2.00. The minimum Gasteiger partial charge on any atom is -0.497 e. The van der Waals surface area contributed by atoms with Gasteiger partial charge in [0.05, 0.1) is 41.1 Å². The van der Waals surface area contributed by atoms with E-state index >= 15 is 0 Å². The Labute approximate surface area is 205 Å². The number of sulfonamides is 1. The van der Waals surface area contributed by atoms with Crippen molar-refractivity contribution in [3.63, 3.8) is 0 Å². The van der Waals surface area contributed by atoms with E-state index in [1.807, 2.05) is 0 Å². The zero-order valence-corrected chi connectivity index (χ0v) is 20.0. The third kappa shape index (κ3) is 5.98. The predicted octanol–water partition coefficient (Wildman–Crippen LogP) is 5.21. The topological polar surface area (TPSA) is 84.9 Å². The second-order valence-corrected chi connectivity index (χ2v) is 9.37. The lowest BCUT2D eigenvalue weighted by molar-refractivity contribution is -0.137. The number of ether oxygens (including phenoxy) is 2. The minimum absolute atomic E-state index is 0.0520. The quantitative estimate of drug-likeness (QED) is 0.434. The molecule has 1 N–H and O–H groups in total. The van der Waals surface area contributed by atoms with Crippen LogP contribution in [0.25, 0.3) is 0 Å². The first-order valence-corrected chi connectivity index (χ1v) is 11.8. The summed E-state index contributed by atoms with van der Waals surface area (Å²) in [7, 11) is -1.56. The highest BCUT2D eigenvalue weighted by Gasteiger charge is 2.32. The second-order valence-electron chi connectivity index (χ2n) is 7.10. The van der Waals surface area contributed by atoms with Gasteiger partial charge < -0.3 is 14.8 Å². The Kier molecular flexibility index (Phi) is 7.81. The van der Waals surface area contributed by atoms with Crippen molar-refractivity contribution in [2.75, 3.05) is 30.4 Å². The molecule has 0 saturated heterocycles. The van der Waals surface area contributed by atoms with E-state index in [9.17, 15) is 26.4 Å². The molecule has 0 heterocycles. The molecule has 0 radical (unpaired) electrons. The molecular weight excluding hydrogens is 509 g/mol. The maximum Gasteiger partial charge on any atom is 0.416 e. The van der Waals surface area contributed by atoms with Crippen molar-refractivity contribution in [1.82, 2.24) is 0 Å². The molecule has 7 nitrogen and oxygen atoms in total. The monoisotopic (exact) mass is 528 g/mol. The maximum atomic E-state index is 13.5. The molecule has 0 aliphatic heterocycles.